The van der Waals surface area contributed by atoms with Crippen LogP contribution < -0.4 is 5.32 Å². The van der Waals surface area contributed by atoms with Crippen molar-refractivity contribution in [3.63, 3.8) is 0 Å². The molecule has 0 bridgehead atoms. The minimum absolute atomic E-state index is 0.300. The zero-order valence-electron chi connectivity index (χ0n) is 14.2. The predicted octanol–water partition coefficient (Wildman–Crippen LogP) is 4.20. The van der Waals surface area contributed by atoms with Gasteiger partial charge in [0.2, 0.25) is 0 Å². The number of rotatable bonds is 9. The van der Waals surface area contributed by atoms with E-state index in [0.717, 1.165) is 25.8 Å². The van der Waals surface area contributed by atoms with Gasteiger partial charge in [0.1, 0.15) is 0 Å². The topological polar surface area (TPSA) is 29.9 Å². The highest BCUT2D eigenvalue weighted by Gasteiger charge is 2.27. The second-order valence-corrected chi connectivity index (χ2v) is 6.41. The summed E-state index contributed by atoms with van der Waals surface area (Å²) in [5, 5.41) is 8.44. The molecule has 0 spiro atoms. The van der Waals surface area contributed by atoms with Crippen molar-refractivity contribution in [3.05, 3.63) is 18.0 Å². The quantitative estimate of drug-likeness (QED) is 0.734. The molecule has 0 fully saturated rings. The molecule has 1 N–H and O–H groups in total. The van der Waals surface area contributed by atoms with Crippen molar-refractivity contribution >= 4 is 0 Å². The zero-order chi connectivity index (χ0) is 15.2. The molecule has 0 radical (unpaired) electrons. The first-order valence-corrected chi connectivity index (χ1v) is 8.25. The van der Waals surface area contributed by atoms with E-state index in [-0.39, 0.29) is 0 Å². The zero-order valence-corrected chi connectivity index (χ0v) is 14.2. The van der Waals surface area contributed by atoms with Crippen molar-refractivity contribution in [1.29, 1.82) is 0 Å². The van der Waals surface area contributed by atoms with Gasteiger partial charge in [-0.05, 0) is 37.3 Å². The molecule has 0 aromatic carbocycles. The number of hydrogen-bond donors (Lipinski definition) is 1. The van der Waals surface area contributed by atoms with E-state index in [0.29, 0.717) is 17.5 Å². The Labute approximate surface area is 125 Å². The van der Waals surface area contributed by atoms with Crippen LogP contribution in [0.4, 0.5) is 0 Å². The van der Waals surface area contributed by atoms with E-state index < -0.39 is 0 Å². The lowest BCUT2D eigenvalue weighted by molar-refractivity contribution is 0.231. The summed E-state index contributed by atoms with van der Waals surface area (Å²) in [4.78, 5) is 0. The molecule has 1 atom stereocenters. The summed E-state index contributed by atoms with van der Waals surface area (Å²) < 4.78 is 2.15. The summed E-state index contributed by atoms with van der Waals surface area (Å²) in [6, 6.07) is 3.22. The molecule has 1 heterocycles. The standard InChI is InChI=1S/C17H33N3/c1-7-15(8-2)20-12-11-14(19-20)13-16(18-10-4)17(5,6)9-3/h11-12,15-16,18H,7-10,13H2,1-6H3. The first kappa shape index (κ1) is 17.2. The van der Waals surface area contributed by atoms with E-state index in [4.69, 9.17) is 5.10 Å². The monoisotopic (exact) mass is 279 g/mol. The highest BCUT2D eigenvalue weighted by molar-refractivity contribution is 5.04. The van der Waals surface area contributed by atoms with Gasteiger partial charge in [-0.3, -0.25) is 4.68 Å². The SMILES string of the molecule is CCNC(Cc1ccn(C(CC)CC)n1)C(C)(C)CC. The van der Waals surface area contributed by atoms with Crippen LogP contribution in [0.2, 0.25) is 0 Å². The summed E-state index contributed by atoms with van der Waals surface area (Å²) in [6.07, 6.45) is 6.64. The molecule has 0 aliphatic heterocycles. The average molecular weight is 279 g/mol. The van der Waals surface area contributed by atoms with Crippen LogP contribution in [-0.4, -0.2) is 22.4 Å². The van der Waals surface area contributed by atoms with E-state index in [1.54, 1.807) is 0 Å². The number of aromatic nitrogens is 2. The van der Waals surface area contributed by atoms with E-state index in [2.05, 4.69) is 63.8 Å². The fraction of sp³-hybridized carbons (Fsp3) is 0.824. The molecule has 116 valence electrons. The molecule has 0 saturated heterocycles. The van der Waals surface area contributed by atoms with Crippen molar-refractivity contribution in [3.8, 4) is 0 Å². The number of nitrogens with zero attached hydrogens (tertiary/aromatic N) is 2. The smallest absolute Gasteiger partial charge is 0.0640 e. The van der Waals surface area contributed by atoms with Crippen LogP contribution in [0.15, 0.2) is 12.3 Å². The third-order valence-electron chi connectivity index (χ3n) is 4.70. The molecule has 0 saturated carbocycles. The van der Waals surface area contributed by atoms with Crippen LogP contribution in [0.5, 0.6) is 0 Å². The summed E-state index contributed by atoms with van der Waals surface area (Å²) in [7, 11) is 0. The van der Waals surface area contributed by atoms with Crippen LogP contribution in [0, 0.1) is 5.41 Å². The molecule has 0 aliphatic rings. The Morgan fingerprint density at radius 2 is 1.85 bits per heavy atom. The van der Waals surface area contributed by atoms with Gasteiger partial charge in [0.05, 0.1) is 11.7 Å². The van der Waals surface area contributed by atoms with Crippen molar-refractivity contribution in [2.75, 3.05) is 6.54 Å². The maximum atomic E-state index is 4.80. The van der Waals surface area contributed by atoms with Gasteiger partial charge in [-0.15, -0.1) is 0 Å². The summed E-state index contributed by atoms with van der Waals surface area (Å²) in [5.74, 6) is 0. The third kappa shape index (κ3) is 4.34. The minimum Gasteiger partial charge on any atom is -0.313 e. The lowest BCUT2D eigenvalue weighted by Crippen LogP contribution is -2.43. The molecule has 1 aromatic heterocycles. The Bertz CT molecular complexity index is 377. The lowest BCUT2D eigenvalue weighted by Gasteiger charge is -2.33. The fourth-order valence-electron chi connectivity index (χ4n) is 2.68. The molecule has 1 unspecified atom stereocenters. The Balaban J connectivity index is 2.79. The van der Waals surface area contributed by atoms with E-state index in [9.17, 15) is 0 Å². The van der Waals surface area contributed by atoms with Gasteiger partial charge in [0.15, 0.2) is 0 Å². The lowest BCUT2D eigenvalue weighted by atomic mass is 9.79. The van der Waals surface area contributed by atoms with E-state index in [1.807, 2.05) is 0 Å². The van der Waals surface area contributed by atoms with E-state index >= 15 is 0 Å². The van der Waals surface area contributed by atoms with Gasteiger partial charge >= 0.3 is 0 Å². The highest BCUT2D eigenvalue weighted by Crippen LogP contribution is 2.27. The molecule has 3 nitrogen and oxygen atoms in total. The molecule has 3 heteroatoms. The maximum Gasteiger partial charge on any atom is 0.0640 e. The van der Waals surface area contributed by atoms with Gasteiger partial charge in [-0.2, -0.15) is 5.10 Å². The molecular weight excluding hydrogens is 246 g/mol. The maximum absolute atomic E-state index is 4.80. The first-order valence-electron chi connectivity index (χ1n) is 8.25. The summed E-state index contributed by atoms with van der Waals surface area (Å²) in [6.45, 7) is 14.6. The Morgan fingerprint density at radius 1 is 1.20 bits per heavy atom. The number of likely N-dealkylation sites (N-methyl/N-ethyl adjacent to an activating group) is 1. The van der Waals surface area contributed by atoms with Crippen LogP contribution in [0.3, 0.4) is 0 Å². The third-order valence-corrected chi connectivity index (χ3v) is 4.70. The normalized spacial score (nSPS) is 13.9. The van der Waals surface area contributed by atoms with Crippen molar-refractivity contribution < 1.29 is 0 Å². The van der Waals surface area contributed by atoms with Gasteiger partial charge in [-0.25, -0.2) is 0 Å². The van der Waals surface area contributed by atoms with Crippen LogP contribution >= 0.6 is 0 Å². The van der Waals surface area contributed by atoms with Crippen LogP contribution in [0.1, 0.15) is 72.5 Å². The second kappa shape index (κ2) is 7.82. The summed E-state index contributed by atoms with van der Waals surface area (Å²) in [5.41, 5.74) is 1.51. The second-order valence-electron chi connectivity index (χ2n) is 6.41. The molecule has 0 aliphatic carbocycles. The van der Waals surface area contributed by atoms with Crippen molar-refractivity contribution in [2.24, 2.45) is 5.41 Å². The fourth-order valence-corrected chi connectivity index (χ4v) is 2.68. The first-order chi connectivity index (χ1) is 9.48. The predicted molar refractivity (Wildman–Crippen MR) is 87.1 cm³/mol. The summed E-state index contributed by atoms with van der Waals surface area (Å²) >= 11 is 0. The molecule has 1 aromatic rings. The van der Waals surface area contributed by atoms with Gasteiger partial charge in [0, 0.05) is 18.7 Å². The van der Waals surface area contributed by atoms with Crippen LogP contribution in [-0.2, 0) is 6.42 Å². The molecule has 20 heavy (non-hydrogen) atoms. The van der Waals surface area contributed by atoms with Crippen molar-refractivity contribution in [2.45, 2.75) is 79.3 Å². The molecular formula is C17H33N3. The highest BCUT2D eigenvalue weighted by atomic mass is 15.3. The van der Waals surface area contributed by atoms with Crippen molar-refractivity contribution in [1.82, 2.24) is 15.1 Å². The van der Waals surface area contributed by atoms with Crippen LogP contribution in [0.25, 0.3) is 0 Å². The van der Waals surface area contributed by atoms with E-state index in [1.165, 1.54) is 12.1 Å². The average Bonchev–Trinajstić information content (AvgIpc) is 2.88. The Kier molecular flexibility index (Phi) is 6.74. The number of nitrogens with one attached hydrogen (secondary N) is 1. The minimum atomic E-state index is 0.300. The van der Waals surface area contributed by atoms with Gasteiger partial charge in [0.25, 0.3) is 0 Å². The molecule has 0 amide bonds. The molecule has 1 rings (SSSR count). The number of hydrogen-bond acceptors (Lipinski definition) is 2. The van der Waals surface area contributed by atoms with Gasteiger partial charge < -0.3 is 5.32 Å². The largest absolute Gasteiger partial charge is 0.313 e. The Morgan fingerprint density at radius 3 is 2.35 bits per heavy atom. The Hall–Kier alpha value is -0.830. The van der Waals surface area contributed by atoms with Gasteiger partial charge in [-0.1, -0.05) is 41.5 Å².